The van der Waals surface area contributed by atoms with Crippen LogP contribution in [0.25, 0.3) is 0 Å². The molecule has 6 nitrogen and oxygen atoms in total. The van der Waals surface area contributed by atoms with Crippen molar-refractivity contribution in [3.63, 3.8) is 0 Å². The van der Waals surface area contributed by atoms with E-state index in [2.05, 4.69) is 0 Å². The van der Waals surface area contributed by atoms with E-state index in [0.29, 0.717) is 19.4 Å². The zero-order chi connectivity index (χ0) is 14.8. The highest BCUT2D eigenvalue weighted by Gasteiger charge is 2.35. The van der Waals surface area contributed by atoms with E-state index in [1.54, 1.807) is 0 Å². The maximum absolute atomic E-state index is 12.6. The lowest BCUT2D eigenvalue weighted by Gasteiger charge is -2.34. The molecule has 0 aliphatic carbocycles. The molecule has 0 unspecified atom stereocenters. The molecule has 0 bridgehead atoms. The van der Waals surface area contributed by atoms with Gasteiger partial charge in [-0.2, -0.15) is 4.31 Å². The van der Waals surface area contributed by atoms with Gasteiger partial charge < -0.3 is 10.2 Å². The molecule has 1 aromatic rings. The van der Waals surface area contributed by atoms with Gasteiger partial charge in [-0.15, -0.1) is 11.3 Å². The Labute approximate surface area is 121 Å². The lowest BCUT2D eigenvalue weighted by atomic mass is 10.0. The summed E-state index contributed by atoms with van der Waals surface area (Å²) in [5.41, 5.74) is 0. The Kier molecular flexibility index (Phi) is 4.79. The fourth-order valence-electron chi connectivity index (χ4n) is 2.51. The fraction of sp³-hybridized carbons (Fsp3) is 0.583. The highest BCUT2D eigenvalue weighted by atomic mass is 32.2. The van der Waals surface area contributed by atoms with Crippen molar-refractivity contribution in [1.29, 1.82) is 0 Å². The number of carboxylic acid groups (broad SMARTS) is 1. The number of sulfonamides is 1. The monoisotopic (exact) mass is 319 g/mol. The summed E-state index contributed by atoms with van der Waals surface area (Å²) >= 11 is 0.908. The summed E-state index contributed by atoms with van der Waals surface area (Å²) < 4.78 is 26.6. The van der Waals surface area contributed by atoms with Crippen molar-refractivity contribution in [2.45, 2.75) is 36.6 Å². The van der Waals surface area contributed by atoms with E-state index in [-0.39, 0.29) is 22.4 Å². The van der Waals surface area contributed by atoms with Crippen molar-refractivity contribution >= 4 is 27.3 Å². The fourth-order valence-corrected chi connectivity index (χ4v) is 5.47. The maximum atomic E-state index is 12.6. The Balaban J connectivity index is 2.37. The molecule has 0 radical (unpaired) electrons. The highest BCUT2D eigenvalue weighted by molar-refractivity contribution is 7.89. The summed E-state index contributed by atoms with van der Waals surface area (Å²) in [6.07, 6.45) is 2.76. The number of carbonyl (C=O) groups is 1. The molecule has 0 spiro atoms. The topological polar surface area (TPSA) is 94.9 Å². The highest BCUT2D eigenvalue weighted by Crippen LogP contribution is 2.30. The number of rotatable bonds is 5. The molecule has 1 aromatic heterocycles. The maximum Gasteiger partial charge on any atom is 0.347 e. The summed E-state index contributed by atoms with van der Waals surface area (Å²) in [6, 6.07) is 1.09. The van der Waals surface area contributed by atoms with Crippen LogP contribution in [0.5, 0.6) is 0 Å². The van der Waals surface area contributed by atoms with Gasteiger partial charge in [0.25, 0.3) is 0 Å². The minimum atomic E-state index is -3.81. The molecule has 20 heavy (non-hydrogen) atoms. The quantitative estimate of drug-likeness (QED) is 0.855. The van der Waals surface area contributed by atoms with Crippen LogP contribution in [0.4, 0.5) is 0 Å². The van der Waals surface area contributed by atoms with E-state index in [0.717, 1.165) is 24.2 Å². The summed E-state index contributed by atoms with van der Waals surface area (Å²) in [5.74, 6) is -1.23. The van der Waals surface area contributed by atoms with Gasteiger partial charge in [-0.05, 0) is 30.7 Å². The molecule has 0 saturated carbocycles. The molecule has 1 aliphatic rings. The summed E-state index contributed by atoms with van der Waals surface area (Å²) in [6.45, 7) is 0.300. The van der Waals surface area contributed by atoms with Gasteiger partial charge in [-0.25, -0.2) is 13.2 Å². The molecule has 1 saturated heterocycles. The lowest BCUT2D eigenvalue weighted by molar-refractivity contribution is 0.0698. The van der Waals surface area contributed by atoms with Crippen LogP contribution in [0.2, 0.25) is 0 Å². The molecule has 0 amide bonds. The first-order valence-corrected chi connectivity index (χ1v) is 8.74. The average molecular weight is 319 g/mol. The van der Waals surface area contributed by atoms with Gasteiger partial charge in [0.15, 0.2) is 0 Å². The number of aliphatic hydroxyl groups is 1. The Morgan fingerprint density at radius 3 is 2.85 bits per heavy atom. The SMILES string of the molecule is O=C(O)c1sccc1S(=O)(=O)N1CCCC[C@@H]1CCO. The van der Waals surface area contributed by atoms with Crippen molar-refractivity contribution in [3.05, 3.63) is 16.3 Å². The van der Waals surface area contributed by atoms with Gasteiger partial charge in [0.2, 0.25) is 10.0 Å². The van der Waals surface area contributed by atoms with E-state index >= 15 is 0 Å². The van der Waals surface area contributed by atoms with Crippen molar-refractivity contribution < 1.29 is 23.4 Å². The minimum absolute atomic E-state index is 0.0773. The van der Waals surface area contributed by atoms with Gasteiger partial charge in [0, 0.05) is 19.2 Å². The van der Waals surface area contributed by atoms with Gasteiger partial charge >= 0.3 is 5.97 Å². The predicted octanol–water partition coefficient (Wildman–Crippen LogP) is 1.37. The Hall–Kier alpha value is -0.960. The molecule has 1 fully saturated rings. The normalized spacial score (nSPS) is 20.9. The Bertz CT molecular complexity index is 578. The zero-order valence-corrected chi connectivity index (χ0v) is 12.5. The average Bonchev–Trinajstić information content (AvgIpc) is 2.89. The first-order chi connectivity index (χ1) is 9.48. The second-order valence-corrected chi connectivity index (χ2v) is 7.47. The number of nitrogens with zero attached hydrogens (tertiary/aromatic N) is 1. The summed E-state index contributed by atoms with van der Waals surface area (Å²) in [7, 11) is -3.81. The Morgan fingerprint density at radius 2 is 2.20 bits per heavy atom. The minimum Gasteiger partial charge on any atom is -0.477 e. The van der Waals surface area contributed by atoms with Crippen molar-refractivity contribution in [2.24, 2.45) is 0 Å². The third kappa shape index (κ3) is 2.88. The molecular weight excluding hydrogens is 302 g/mol. The second kappa shape index (κ2) is 6.21. The van der Waals surface area contributed by atoms with Crippen molar-refractivity contribution in [2.75, 3.05) is 13.2 Å². The first kappa shape index (κ1) is 15.4. The number of hydrogen-bond acceptors (Lipinski definition) is 5. The molecule has 2 rings (SSSR count). The van der Waals surface area contributed by atoms with Crippen LogP contribution in [0.15, 0.2) is 16.3 Å². The van der Waals surface area contributed by atoms with Crippen LogP contribution in [0.3, 0.4) is 0 Å². The number of aliphatic hydroxyl groups excluding tert-OH is 1. The smallest absolute Gasteiger partial charge is 0.347 e. The van der Waals surface area contributed by atoms with E-state index in [1.807, 2.05) is 0 Å². The summed E-state index contributed by atoms with van der Waals surface area (Å²) in [5, 5.41) is 19.6. The second-order valence-electron chi connectivity index (χ2n) is 4.70. The number of thiophene rings is 1. The van der Waals surface area contributed by atoms with E-state index < -0.39 is 16.0 Å². The molecule has 112 valence electrons. The molecular formula is C12H17NO5S2. The van der Waals surface area contributed by atoms with Crippen molar-refractivity contribution in [1.82, 2.24) is 4.31 Å². The predicted molar refractivity (Wildman–Crippen MR) is 74.5 cm³/mol. The van der Waals surface area contributed by atoms with Gasteiger partial charge in [-0.1, -0.05) is 6.42 Å². The number of hydrogen-bond donors (Lipinski definition) is 2. The van der Waals surface area contributed by atoms with Crippen LogP contribution in [0, 0.1) is 0 Å². The molecule has 2 N–H and O–H groups in total. The van der Waals surface area contributed by atoms with Crippen molar-refractivity contribution in [3.8, 4) is 0 Å². The molecule has 1 atom stereocenters. The van der Waals surface area contributed by atoms with Gasteiger partial charge in [0.1, 0.15) is 9.77 Å². The summed E-state index contributed by atoms with van der Waals surface area (Å²) in [4.78, 5) is 10.8. The first-order valence-electron chi connectivity index (χ1n) is 6.42. The number of carboxylic acids is 1. The number of aromatic carboxylic acids is 1. The standard InChI is InChI=1S/C12H17NO5S2/c14-7-4-9-3-1-2-6-13(9)20(17,18)10-5-8-19-11(10)12(15)16/h5,8-9,14H,1-4,6-7H2,(H,15,16)/t9-/m1/s1. The van der Waals surface area contributed by atoms with Crippen LogP contribution in [-0.2, 0) is 10.0 Å². The van der Waals surface area contributed by atoms with Crippen LogP contribution in [0.1, 0.15) is 35.4 Å². The third-order valence-corrected chi connectivity index (χ3v) is 6.47. The van der Waals surface area contributed by atoms with Gasteiger partial charge in [-0.3, -0.25) is 0 Å². The van der Waals surface area contributed by atoms with E-state index in [9.17, 15) is 13.2 Å². The van der Waals surface area contributed by atoms with Crippen LogP contribution in [-0.4, -0.2) is 48.1 Å². The van der Waals surface area contributed by atoms with Crippen LogP contribution >= 0.6 is 11.3 Å². The third-order valence-electron chi connectivity index (χ3n) is 3.45. The molecule has 2 heterocycles. The largest absolute Gasteiger partial charge is 0.477 e. The molecule has 8 heteroatoms. The van der Waals surface area contributed by atoms with E-state index in [1.165, 1.54) is 15.8 Å². The van der Waals surface area contributed by atoms with E-state index in [4.69, 9.17) is 10.2 Å². The van der Waals surface area contributed by atoms with Gasteiger partial charge in [0.05, 0.1) is 0 Å². The number of piperidine rings is 1. The molecule has 1 aliphatic heterocycles. The molecule has 0 aromatic carbocycles. The van der Waals surface area contributed by atoms with Crippen LogP contribution < -0.4 is 0 Å². The Morgan fingerprint density at radius 1 is 1.45 bits per heavy atom. The zero-order valence-electron chi connectivity index (χ0n) is 10.9. The lowest BCUT2D eigenvalue weighted by Crippen LogP contribution is -2.44.